The molecule has 0 unspecified atom stereocenters. The highest BCUT2D eigenvalue weighted by Gasteiger charge is 2.16. The minimum absolute atomic E-state index is 0.0461. The zero-order valence-corrected chi connectivity index (χ0v) is 16.7. The van der Waals surface area contributed by atoms with Gasteiger partial charge in [0.05, 0.1) is 18.6 Å². The summed E-state index contributed by atoms with van der Waals surface area (Å²) in [5.41, 5.74) is 2.77. The van der Waals surface area contributed by atoms with Gasteiger partial charge in [0.25, 0.3) is 0 Å². The van der Waals surface area contributed by atoms with Crippen LogP contribution < -0.4 is 4.74 Å². The standard InChI is InChI=1S/C20H22N4O2S/c1-20(2,3)15-7-5-14(6-8-15)18(25)13-27-19-21-22-23-24(19)16-9-11-17(26-4)12-10-16/h5-12H,13H2,1-4H3. The number of hydrogen-bond donors (Lipinski definition) is 0. The second kappa shape index (κ2) is 7.92. The lowest BCUT2D eigenvalue weighted by atomic mass is 9.86. The second-order valence-corrected chi connectivity index (χ2v) is 8.05. The van der Waals surface area contributed by atoms with Crippen molar-refractivity contribution in [2.45, 2.75) is 31.3 Å². The summed E-state index contributed by atoms with van der Waals surface area (Å²) in [6.45, 7) is 6.45. The smallest absolute Gasteiger partial charge is 0.214 e. The summed E-state index contributed by atoms with van der Waals surface area (Å²) < 4.78 is 6.77. The van der Waals surface area contributed by atoms with Gasteiger partial charge in [-0.1, -0.05) is 56.8 Å². The van der Waals surface area contributed by atoms with Crippen LogP contribution in [-0.2, 0) is 5.41 Å². The average Bonchev–Trinajstić information content (AvgIpc) is 3.14. The molecule has 0 amide bonds. The maximum absolute atomic E-state index is 12.5. The van der Waals surface area contributed by atoms with E-state index >= 15 is 0 Å². The van der Waals surface area contributed by atoms with Gasteiger partial charge in [0, 0.05) is 5.56 Å². The van der Waals surface area contributed by atoms with Crippen molar-refractivity contribution in [3.8, 4) is 11.4 Å². The monoisotopic (exact) mass is 382 g/mol. The van der Waals surface area contributed by atoms with E-state index in [1.54, 1.807) is 11.8 Å². The number of ether oxygens (including phenoxy) is 1. The van der Waals surface area contributed by atoms with E-state index < -0.39 is 0 Å². The Balaban J connectivity index is 1.68. The van der Waals surface area contributed by atoms with E-state index in [-0.39, 0.29) is 17.0 Å². The number of aromatic nitrogens is 4. The third-order valence-corrected chi connectivity index (χ3v) is 5.08. The highest BCUT2D eigenvalue weighted by Crippen LogP contribution is 2.24. The lowest BCUT2D eigenvalue weighted by molar-refractivity contribution is 0.102. The van der Waals surface area contributed by atoms with E-state index in [9.17, 15) is 4.79 Å². The second-order valence-electron chi connectivity index (χ2n) is 7.11. The molecule has 7 heteroatoms. The molecule has 0 aliphatic carbocycles. The van der Waals surface area contributed by atoms with Crippen LogP contribution in [0.3, 0.4) is 0 Å². The Bertz CT molecular complexity index is 912. The first kappa shape index (κ1) is 19.1. The lowest BCUT2D eigenvalue weighted by Crippen LogP contribution is -2.11. The van der Waals surface area contributed by atoms with Crippen molar-refractivity contribution in [1.82, 2.24) is 20.2 Å². The molecule has 27 heavy (non-hydrogen) atoms. The minimum atomic E-state index is 0.0461. The highest BCUT2D eigenvalue weighted by atomic mass is 32.2. The number of thioether (sulfide) groups is 1. The van der Waals surface area contributed by atoms with E-state index in [2.05, 4.69) is 36.3 Å². The summed E-state index contributed by atoms with van der Waals surface area (Å²) in [5.74, 6) is 1.07. The Morgan fingerprint density at radius 1 is 1.07 bits per heavy atom. The molecule has 0 bridgehead atoms. The van der Waals surface area contributed by atoms with Gasteiger partial charge < -0.3 is 4.74 Å². The van der Waals surface area contributed by atoms with Gasteiger partial charge in [-0.25, -0.2) is 0 Å². The molecule has 0 fully saturated rings. The molecular weight excluding hydrogens is 360 g/mol. The van der Waals surface area contributed by atoms with Gasteiger partial charge in [-0.15, -0.1) is 5.10 Å². The molecule has 1 aromatic heterocycles. The van der Waals surface area contributed by atoms with Crippen LogP contribution in [0.25, 0.3) is 5.69 Å². The van der Waals surface area contributed by atoms with Gasteiger partial charge in [-0.3, -0.25) is 4.79 Å². The number of rotatable bonds is 6. The third kappa shape index (κ3) is 4.54. The fraction of sp³-hybridized carbons (Fsp3) is 0.300. The van der Waals surface area contributed by atoms with Gasteiger partial charge in [-0.2, -0.15) is 4.68 Å². The number of nitrogens with zero attached hydrogens (tertiary/aromatic N) is 4. The SMILES string of the molecule is COc1ccc(-n2nnnc2SCC(=O)c2ccc(C(C)(C)C)cc2)cc1. The molecule has 0 saturated carbocycles. The normalized spacial score (nSPS) is 11.4. The van der Waals surface area contributed by atoms with Crippen molar-refractivity contribution < 1.29 is 9.53 Å². The molecule has 0 radical (unpaired) electrons. The van der Waals surface area contributed by atoms with Gasteiger partial charge in [-0.05, 0) is 45.7 Å². The predicted molar refractivity (Wildman–Crippen MR) is 106 cm³/mol. The van der Waals surface area contributed by atoms with Crippen molar-refractivity contribution >= 4 is 17.5 Å². The third-order valence-electron chi connectivity index (χ3n) is 4.16. The van der Waals surface area contributed by atoms with Gasteiger partial charge in [0.1, 0.15) is 5.75 Å². The van der Waals surface area contributed by atoms with E-state index in [0.29, 0.717) is 10.7 Å². The van der Waals surface area contributed by atoms with Crippen LogP contribution in [0.1, 0.15) is 36.7 Å². The Morgan fingerprint density at radius 3 is 2.33 bits per heavy atom. The fourth-order valence-corrected chi connectivity index (χ4v) is 3.31. The number of hydrogen-bond acceptors (Lipinski definition) is 6. The molecule has 0 spiro atoms. The molecule has 140 valence electrons. The zero-order chi connectivity index (χ0) is 19.4. The molecule has 0 aliphatic heterocycles. The fourth-order valence-electron chi connectivity index (χ4n) is 2.52. The average molecular weight is 382 g/mol. The molecule has 0 atom stereocenters. The lowest BCUT2D eigenvalue weighted by Gasteiger charge is -2.18. The molecule has 0 saturated heterocycles. The van der Waals surface area contributed by atoms with Gasteiger partial charge in [0.2, 0.25) is 5.16 Å². The van der Waals surface area contributed by atoms with Crippen molar-refractivity contribution in [1.29, 1.82) is 0 Å². The van der Waals surface area contributed by atoms with Crippen LogP contribution in [0.15, 0.2) is 53.7 Å². The Morgan fingerprint density at radius 2 is 1.74 bits per heavy atom. The van der Waals surface area contributed by atoms with E-state index in [1.165, 1.54) is 17.3 Å². The topological polar surface area (TPSA) is 69.9 Å². The first-order valence-electron chi connectivity index (χ1n) is 8.58. The Hall–Kier alpha value is -2.67. The van der Waals surface area contributed by atoms with Crippen LogP contribution in [0.5, 0.6) is 5.75 Å². The largest absolute Gasteiger partial charge is 0.497 e. The van der Waals surface area contributed by atoms with Crippen molar-refractivity contribution in [2.75, 3.05) is 12.9 Å². The van der Waals surface area contributed by atoms with E-state index in [0.717, 1.165) is 11.4 Å². The summed E-state index contributed by atoms with van der Waals surface area (Å²) in [7, 11) is 1.62. The van der Waals surface area contributed by atoms with Crippen LogP contribution in [-0.4, -0.2) is 38.9 Å². The summed E-state index contributed by atoms with van der Waals surface area (Å²) in [6, 6.07) is 15.2. The van der Waals surface area contributed by atoms with Crippen LogP contribution >= 0.6 is 11.8 Å². The molecular formula is C20H22N4O2S. The summed E-state index contributed by atoms with van der Waals surface area (Å²) in [6.07, 6.45) is 0. The maximum Gasteiger partial charge on any atom is 0.214 e. The number of carbonyl (C=O) groups is 1. The van der Waals surface area contributed by atoms with Crippen molar-refractivity contribution in [3.05, 3.63) is 59.7 Å². The molecule has 3 rings (SSSR count). The summed E-state index contributed by atoms with van der Waals surface area (Å²) >= 11 is 1.32. The zero-order valence-electron chi connectivity index (χ0n) is 15.8. The quantitative estimate of drug-likeness (QED) is 0.475. The highest BCUT2D eigenvalue weighted by molar-refractivity contribution is 7.99. The number of benzene rings is 2. The van der Waals surface area contributed by atoms with Crippen molar-refractivity contribution in [2.24, 2.45) is 0 Å². The van der Waals surface area contributed by atoms with Crippen LogP contribution in [0.2, 0.25) is 0 Å². The number of carbonyl (C=O) groups excluding carboxylic acids is 1. The van der Waals surface area contributed by atoms with Gasteiger partial charge in [0.15, 0.2) is 5.78 Å². The number of methoxy groups -OCH3 is 1. The van der Waals surface area contributed by atoms with Crippen LogP contribution in [0, 0.1) is 0 Å². The molecule has 2 aromatic carbocycles. The van der Waals surface area contributed by atoms with E-state index in [1.807, 2.05) is 48.5 Å². The maximum atomic E-state index is 12.5. The first-order chi connectivity index (χ1) is 12.9. The van der Waals surface area contributed by atoms with Crippen molar-refractivity contribution in [3.63, 3.8) is 0 Å². The van der Waals surface area contributed by atoms with Gasteiger partial charge >= 0.3 is 0 Å². The Labute approximate surface area is 162 Å². The molecule has 1 heterocycles. The predicted octanol–water partition coefficient (Wildman–Crippen LogP) is 3.94. The molecule has 0 aliphatic rings. The van der Waals surface area contributed by atoms with Crippen LogP contribution in [0.4, 0.5) is 0 Å². The number of ketones is 1. The Kier molecular flexibility index (Phi) is 5.60. The molecule has 6 nitrogen and oxygen atoms in total. The first-order valence-corrected chi connectivity index (χ1v) is 9.56. The minimum Gasteiger partial charge on any atom is -0.497 e. The molecule has 0 N–H and O–H groups in total. The number of tetrazole rings is 1. The van der Waals surface area contributed by atoms with E-state index in [4.69, 9.17) is 4.74 Å². The molecule has 3 aromatic rings. The summed E-state index contributed by atoms with van der Waals surface area (Å²) in [5, 5.41) is 12.3. The summed E-state index contributed by atoms with van der Waals surface area (Å²) in [4.78, 5) is 12.5. The number of Topliss-reactive ketones (excluding diaryl/α,β-unsaturated/α-hetero) is 1.